The topological polar surface area (TPSA) is 73.2 Å². The van der Waals surface area contributed by atoms with Crippen LogP contribution in [0.3, 0.4) is 0 Å². The van der Waals surface area contributed by atoms with E-state index in [1.807, 2.05) is 4.90 Å². The first kappa shape index (κ1) is 19.1. The van der Waals surface area contributed by atoms with E-state index in [9.17, 15) is 19.4 Å². The first-order chi connectivity index (χ1) is 12.5. The van der Waals surface area contributed by atoms with Crippen LogP contribution in [0.1, 0.15) is 37.3 Å². The van der Waals surface area contributed by atoms with Crippen LogP contribution in [0.2, 0.25) is 0 Å². The number of halogens is 1. The van der Waals surface area contributed by atoms with E-state index in [2.05, 4.69) is 4.90 Å². The minimum absolute atomic E-state index is 0.186. The average Bonchev–Trinajstić information content (AvgIpc) is 2.64. The molecule has 0 radical (unpaired) electrons. The van der Waals surface area contributed by atoms with Gasteiger partial charge in [-0.3, -0.25) is 9.69 Å². The molecule has 0 bridgehead atoms. The Morgan fingerprint density at radius 3 is 2.42 bits per heavy atom. The lowest BCUT2D eigenvalue weighted by Gasteiger charge is -2.42. The van der Waals surface area contributed by atoms with E-state index in [1.165, 1.54) is 25.3 Å². The standard InChI is InChI=1S/C19H27FN2O4/c1-26-17-12-13(20)2-3-16(17)18(19(24)25)22-8-4-14(5-9-22)21-10-6-15(23)7-11-21/h2-3,12,14-15,18,23H,4-11H2,1H3,(H,24,25). The Bertz CT molecular complexity index is 626. The highest BCUT2D eigenvalue weighted by Crippen LogP contribution is 2.33. The summed E-state index contributed by atoms with van der Waals surface area (Å²) in [4.78, 5) is 16.3. The first-order valence-electron chi connectivity index (χ1n) is 9.22. The maximum absolute atomic E-state index is 13.5. The summed E-state index contributed by atoms with van der Waals surface area (Å²) in [5.74, 6) is -1.13. The summed E-state index contributed by atoms with van der Waals surface area (Å²) in [5, 5.41) is 19.4. The van der Waals surface area contributed by atoms with Crippen molar-refractivity contribution in [3.63, 3.8) is 0 Å². The molecule has 2 fully saturated rings. The molecular weight excluding hydrogens is 339 g/mol. The normalized spacial score (nSPS) is 22.3. The Labute approximate surface area is 153 Å². The smallest absolute Gasteiger partial charge is 0.325 e. The minimum atomic E-state index is -0.950. The number of nitrogens with zero attached hydrogens (tertiary/aromatic N) is 2. The van der Waals surface area contributed by atoms with Gasteiger partial charge in [0.15, 0.2) is 0 Å². The van der Waals surface area contributed by atoms with Gasteiger partial charge in [0.25, 0.3) is 0 Å². The zero-order chi connectivity index (χ0) is 18.7. The second kappa shape index (κ2) is 8.33. The second-order valence-corrected chi connectivity index (χ2v) is 7.16. The molecular formula is C19H27FN2O4. The van der Waals surface area contributed by atoms with Gasteiger partial charge in [-0.25, -0.2) is 4.39 Å². The van der Waals surface area contributed by atoms with E-state index < -0.39 is 17.8 Å². The third-order valence-corrected chi connectivity index (χ3v) is 5.60. The lowest BCUT2D eigenvalue weighted by molar-refractivity contribution is -0.144. The monoisotopic (exact) mass is 366 g/mol. The van der Waals surface area contributed by atoms with Gasteiger partial charge in [0.05, 0.1) is 13.2 Å². The fraction of sp³-hybridized carbons (Fsp3) is 0.632. The summed E-state index contributed by atoms with van der Waals surface area (Å²) in [5.41, 5.74) is 0.487. The number of aliphatic carboxylic acids is 1. The Hall–Kier alpha value is -1.70. The number of carboxylic acid groups (broad SMARTS) is 1. The third kappa shape index (κ3) is 4.16. The Morgan fingerprint density at radius 2 is 1.85 bits per heavy atom. The quantitative estimate of drug-likeness (QED) is 0.829. The molecule has 0 aromatic heterocycles. The molecule has 0 spiro atoms. The molecule has 2 heterocycles. The molecule has 0 amide bonds. The van der Waals surface area contributed by atoms with Crippen LogP contribution in [-0.4, -0.2) is 71.4 Å². The van der Waals surface area contributed by atoms with Gasteiger partial charge >= 0.3 is 5.97 Å². The highest BCUT2D eigenvalue weighted by atomic mass is 19.1. The summed E-state index contributed by atoms with van der Waals surface area (Å²) in [6.45, 7) is 3.14. The van der Waals surface area contributed by atoms with E-state index in [-0.39, 0.29) is 11.9 Å². The van der Waals surface area contributed by atoms with Crippen molar-refractivity contribution < 1.29 is 24.1 Å². The van der Waals surface area contributed by atoms with Crippen molar-refractivity contribution in [3.8, 4) is 5.75 Å². The van der Waals surface area contributed by atoms with Crippen LogP contribution in [0.15, 0.2) is 18.2 Å². The molecule has 1 atom stereocenters. The van der Waals surface area contributed by atoms with Crippen LogP contribution >= 0.6 is 0 Å². The van der Waals surface area contributed by atoms with Gasteiger partial charge in [0.1, 0.15) is 17.6 Å². The number of hydrogen-bond donors (Lipinski definition) is 2. The number of aliphatic hydroxyl groups excluding tert-OH is 1. The van der Waals surface area contributed by atoms with Gasteiger partial charge < -0.3 is 19.8 Å². The molecule has 26 heavy (non-hydrogen) atoms. The van der Waals surface area contributed by atoms with E-state index >= 15 is 0 Å². The van der Waals surface area contributed by atoms with Crippen LogP contribution in [0.25, 0.3) is 0 Å². The molecule has 3 rings (SSSR count). The number of carboxylic acids is 1. The predicted molar refractivity (Wildman–Crippen MR) is 94.7 cm³/mol. The van der Waals surface area contributed by atoms with Crippen molar-refractivity contribution in [2.75, 3.05) is 33.3 Å². The second-order valence-electron chi connectivity index (χ2n) is 7.16. The highest BCUT2D eigenvalue weighted by Gasteiger charge is 2.35. The minimum Gasteiger partial charge on any atom is -0.496 e. The van der Waals surface area contributed by atoms with Crippen molar-refractivity contribution in [1.82, 2.24) is 9.80 Å². The molecule has 2 saturated heterocycles. The Morgan fingerprint density at radius 1 is 1.19 bits per heavy atom. The molecule has 0 saturated carbocycles. The van der Waals surface area contributed by atoms with Crippen LogP contribution in [0.5, 0.6) is 5.75 Å². The summed E-state index contributed by atoms with van der Waals surface area (Å²) in [6.07, 6.45) is 3.22. The highest BCUT2D eigenvalue weighted by molar-refractivity contribution is 5.76. The number of hydrogen-bond acceptors (Lipinski definition) is 5. The predicted octanol–water partition coefficient (Wildman–Crippen LogP) is 1.88. The SMILES string of the molecule is COc1cc(F)ccc1C(C(=O)O)N1CCC(N2CCC(O)CC2)CC1. The molecule has 2 aliphatic rings. The lowest BCUT2D eigenvalue weighted by Crippen LogP contribution is -2.49. The number of carbonyl (C=O) groups is 1. The van der Waals surface area contributed by atoms with Gasteiger partial charge in [-0.15, -0.1) is 0 Å². The molecule has 7 heteroatoms. The zero-order valence-corrected chi connectivity index (χ0v) is 15.1. The fourth-order valence-electron chi connectivity index (χ4n) is 4.16. The van der Waals surface area contributed by atoms with E-state index in [0.717, 1.165) is 38.8 Å². The number of rotatable bonds is 5. The number of methoxy groups -OCH3 is 1. The maximum atomic E-state index is 13.5. The average molecular weight is 366 g/mol. The fourth-order valence-corrected chi connectivity index (χ4v) is 4.16. The molecule has 1 aromatic carbocycles. The van der Waals surface area contributed by atoms with Crippen molar-refractivity contribution in [2.24, 2.45) is 0 Å². The molecule has 144 valence electrons. The third-order valence-electron chi connectivity index (χ3n) is 5.60. The van der Waals surface area contributed by atoms with Gasteiger partial charge in [-0.05, 0) is 31.7 Å². The largest absolute Gasteiger partial charge is 0.496 e. The van der Waals surface area contributed by atoms with Crippen LogP contribution < -0.4 is 4.74 Å². The van der Waals surface area contributed by atoms with Crippen molar-refractivity contribution in [1.29, 1.82) is 0 Å². The number of aliphatic hydroxyl groups is 1. The molecule has 6 nitrogen and oxygen atoms in total. The maximum Gasteiger partial charge on any atom is 0.325 e. The van der Waals surface area contributed by atoms with Gasteiger partial charge in [-0.2, -0.15) is 0 Å². The summed E-state index contributed by atoms with van der Waals surface area (Å²) < 4.78 is 18.7. The first-order valence-corrected chi connectivity index (χ1v) is 9.22. The number of benzene rings is 1. The summed E-state index contributed by atoms with van der Waals surface area (Å²) in [6, 6.07) is 3.61. The molecule has 0 aliphatic carbocycles. The Balaban J connectivity index is 1.68. The van der Waals surface area contributed by atoms with E-state index in [0.29, 0.717) is 24.7 Å². The molecule has 2 aliphatic heterocycles. The van der Waals surface area contributed by atoms with E-state index in [4.69, 9.17) is 4.74 Å². The lowest BCUT2D eigenvalue weighted by atomic mass is 9.96. The van der Waals surface area contributed by atoms with Crippen LogP contribution in [-0.2, 0) is 4.79 Å². The zero-order valence-electron chi connectivity index (χ0n) is 15.1. The number of likely N-dealkylation sites (tertiary alicyclic amines) is 2. The number of ether oxygens (including phenoxy) is 1. The van der Waals surface area contributed by atoms with E-state index in [1.54, 1.807) is 0 Å². The van der Waals surface area contributed by atoms with Crippen LogP contribution in [0.4, 0.5) is 4.39 Å². The number of piperidine rings is 2. The van der Waals surface area contributed by atoms with Crippen LogP contribution in [0, 0.1) is 5.82 Å². The van der Waals surface area contributed by atoms with Gasteiger partial charge in [0.2, 0.25) is 0 Å². The molecule has 2 N–H and O–H groups in total. The van der Waals surface area contributed by atoms with Crippen molar-refractivity contribution in [2.45, 2.75) is 43.9 Å². The Kier molecular flexibility index (Phi) is 6.11. The summed E-state index contributed by atoms with van der Waals surface area (Å²) in [7, 11) is 1.42. The van der Waals surface area contributed by atoms with Crippen molar-refractivity contribution in [3.05, 3.63) is 29.6 Å². The van der Waals surface area contributed by atoms with Gasteiger partial charge in [0, 0.05) is 43.9 Å². The summed E-state index contributed by atoms with van der Waals surface area (Å²) >= 11 is 0. The van der Waals surface area contributed by atoms with Gasteiger partial charge in [-0.1, -0.05) is 6.07 Å². The molecule has 1 aromatic rings. The van der Waals surface area contributed by atoms with Crippen molar-refractivity contribution >= 4 is 5.97 Å². The molecule has 1 unspecified atom stereocenters.